The normalized spacial score (nSPS) is 13.9. The number of benzene rings is 2. The Morgan fingerprint density at radius 2 is 2.04 bits per heavy atom. The number of hydrogen-bond acceptors (Lipinski definition) is 6. The van der Waals surface area contributed by atoms with Crippen molar-refractivity contribution in [2.24, 2.45) is 0 Å². The Hall–Kier alpha value is -2.84. The van der Waals surface area contributed by atoms with Crippen LogP contribution in [0.3, 0.4) is 0 Å². The topological polar surface area (TPSA) is 93.9 Å². The van der Waals surface area contributed by atoms with Crippen molar-refractivity contribution in [2.75, 3.05) is 43.1 Å². The lowest BCUT2D eigenvalue weighted by molar-refractivity contribution is -0.384. The third-order valence-electron chi connectivity index (χ3n) is 4.28. The van der Waals surface area contributed by atoms with E-state index in [9.17, 15) is 14.9 Å². The van der Waals surface area contributed by atoms with E-state index in [0.29, 0.717) is 60.6 Å². The van der Waals surface area contributed by atoms with E-state index in [0.717, 1.165) is 0 Å². The van der Waals surface area contributed by atoms with Gasteiger partial charge in [-0.15, -0.1) is 0 Å². The highest BCUT2D eigenvalue weighted by Gasteiger charge is 2.22. The summed E-state index contributed by atoms with van der Waals surface area (Å²) in [6.07, 6.45) is 0. The Bertz CT molecular complexity index is 884. The molecule has 1 aliphatic rings. The number of amides is 1. The number of nitrogens with one attached hydrogen (secondary N) is 1. The van der Waals surface area contributed by atoms with Gasteiger partial charge in [0.25, 0.3) is 11.6 Å². The number of morpholine rings is 1. The molecule has 1 heterocycles. The van der Waals surface area contributed by atoms with Gasteiger partial charge in [0.05, 0.1) is 29.8 Å². The van der Waals surface area contributed by atoms with Crippen molar-refractivity contribution < 1.29 is 19.2 Å². The molecule has 2 aromatic carbocycles. The number of carbonyl (C=O) groups excluding carboxylic acids is 1. The van der Waals surface area contributed by atoms with Gasteiger partial charge in [0.1, 0.15) is 11.4 Å². The molecule has 1 fully saturated rings. The first-order valence-corrected chi connectivity index (χ1v) is 9.22. The van der Waals surface area contributed by atoms with Gasteiger partial charge in [-0.05, 0) is 37.3 Å². The lowest BCUT2D eigenvalue weighted by atomic mass is 10.1. The van der Waals surface area contributed by atoms with E-state index < -0.39 is 10.8 Å². The maximum atomic E-state index is 12.5. The molecule has 0 atom stereocenters. The van der Waals surface area contributed by atoms with Crippen LogP contribution in [0.15, 0.2) is 36.4 Å². The molecule has 1 aliphatic heterocycles. The number of nitrogens with zero attached hydrogens (tertiary/aromatic N) is 2. The third kappa shape index (κ3) is 4.52. The Kier molecular flexibility index (Phi) is 6.33. The fraction of sp³-hybridized carbons (Fsp3) is 0.316. The van der Waals surface area contributed by atoms with Gasteiger partial charge < -0.3 is 19.7 Å². The minimum atomic E-state index is -0.450. The molecule has 3 rings (SSSR count). The van der Waals surface area contributed by atoms with E-state index in [1.54, 1.807) is 24.3 Å². The molecule has 9 heteroatoms. The zero-order valence-electron chi connectivity index (χ0n) is 15.3. The molecule has 28 heavy (non-hydrogen) atoms. The van der Waals surface area contributed by atoms with Crippen molar-refractivity contribution in [3.8, 4) is 5.75 Å². The Morgan fingerprint density at radius 3 is 2.68 bits per heavy atom. The molecule has 0 aliphatic carbocycles. The van der Waals surface area contributed by atoms with Crippen LogP contribution in [-0.2, 0) is 4.74 Å². The molecule has 1 N–H and O–H groups in total. The highest BCUT2D eigenvalue weighted by atomic mass is 35.5. The average Bonchev–Trinajstić information content (AvgIpc) is 2.70. The van der Waals surface area contributed by atoms with Crippen LogP contribution in [0, 0.1) is 10.1 Å². The first kappa shape index (κ1) is 19.9. The summed E-state index contributed by atoms with van der Waals surface area (Å²) >= 11 is 6.12. The summed E-state index contributed by atoms with van der Waals surface area (Å²) in [5, 5.41) is 14.5. The molecule has 1 saturated heterocycles. The molecule has 0 aromatic heterocycles. The second kappa shape index (κ2) is 8.90. The van der Waals surface area contributed by atoms with Gasteiger partial charge in [0.15, 0.2) is 0 Å². The number of hydrogen-bond donors (Lipinski definition) is 1. The van der Waals surface area contributed by atoms with E-state index in [4.69, 9.17) is 21.1 Å². The quantitative estimate of drug-likeness (QED) is 0.581. The van der Waals surface area contributed by atoms with Crippen LogP contribution in [0.5, 0.6) is 5.75 Å². The van der Waals surface area contributed by atoms with E-state index in [1.165, 1.54) is 12.1 Å². The number of anilines is 2. The summed E-state index contributed by atoms with van der Waals surface area (Å²) in [6, 6.07) is 9.35. The van der Waals surface area contributed by atoms with Crippen LogP contribution in [0.1, 0.15) is 17.3 Å². The second-order valence-corrected chi connectivity index (χ2v) is 6.50. The molecule has 0 radical (unpaired) electrons. The fourth-order valence-corrected chi connectivity index (χ4v) is 3.17. The van der Waals surface area contributed by atoms with Gasteiger partial charge in [0, 0.05) is 30.4 Å². The van der Waals surface area contributed by atoms with E-state index in [-0.39, 0.29) is 5.69 Å². The predicted octanol–water partition coefficient (Wildman–Crippen LogP) is 3.74. The average molecular weight is 406 g/mol. The van der Waals surface area contributed by atoms with Crippen molar-refractivity contribution >= 4 is 34.6 Å². The SMILES string of the molecule is CCOc1ccc(C(=O)Nc2ccc(N3CCOCC3)c([N+](=O)[O-])c2)cc1Cl. The summed E-state index contributed by atoms with van der Waals surface area (Å²) < 4.78 is 10.6. The van der Waals surface area contributed by atoms with Crippen LogP contribution in [0.4, 0.5) is 17.1 Å². The summed E-state index contributed by atoms with van der Waals surface area (Å²) in [5.74, 6) is 0.0737. The van der Waals surface area contributed by atoms with Crippen molar-refractivity contribution in [3.05, 3.63) is 57.1 Å². The van der Waals surface area contributed by atoms with Crippen molar-refractivity contribution in [1.82, 2.24) is 0 Å². The number of rotatable bonds is 6. The molecular weight excluding hydrogens is 386 g/mol. The first-order valence-electron chi connectivity index (χ1n) is 8.84. The third-order valence-corrected chi connectivity index (χ3v) is 4.57. The highest BCUT2D eigenvalue weighted by molar-refractivity contribution is 6.32. The molecule has 148 valence electrons. The van der Waals surface area contributed by atoms with Gasteiger partial charge in [-0.3, -0.25) is 14.9 Å². The number of halogens is 1. The maximum absolute atomic E-state index is 12.5. The largest absolute Gasteiger partial charge is 0.492 e. The van der Waals surface area contributed by atoms with E-state index in [1.807, 2.05) is 11.8 Å². The molecule has 8 nitrogen and oxygen atoms in total. The standard InChI is InChI=1S/C19H20ClN3O5/c1-2-28-18-6-3-13(11-15(18)20)19(24)21-14-4-5-16(17(12-14)23(25)26)22-7-9-27-10-8-22/h3-6,11-12H,2,7-10H2,1H3,(H,21,24). The molecule has 0 unspecified atom stereocenters. The minimum absolute atomic E-state index is 0.0653. The molecule has 1 amide bonds. The number of nitro groups is 1. The summed E-state index contributed by atoms with van der Waals surface area (Å²) in [5.41, 5.74) is 1.10. The smallest absolute Gasteiger partial charge is 0.294 e. The van der Waals surface area contributed by atoms with Gasteiger partial charge in [-0.2, -0.15) is 0 Å². The monoisotopic (exact) mass is 405 g/mol. The van der Waals surface area contributed by atoms with E-state index in [2.05, 4.69) is 5.32 Å². The Morgan fingerprint density at radius 1 is 1.29 bits per heavy atom. The zero-order valence-corrected chi connectivity index (χ0v) is 16.1. The summed E-state index contributed by atoms with van der Waals surface area (Å²) in [7, 11) is 0. The van der Waals surface area contributed by atoms with Crippen LogP contribution in [0.2, 0.25) is 5.02 Å². The van der Waals surface area contributed by atoms with Crippen LogP contribution < -0.4 is 15.0 Å². The van der Waals surface area contributed by atoms with Crippen molar-refractivity contribution in [1.29, 1.82) is 0 Å². The number of ether oxygens (including phenoxy) is 2. The number of nitro benzene ring substituents is 1. The molecule has 2 aromatic rings. The first-order chi connectivity index (χ1) is 13.5. The second-order valence-electron chi connectivity index (χ2n) is 6.09. The molecule has 0 bridgehead atoms. The summed E-state index contributed by atoms with van der Waals surface area (Å²) in [6.45, 7) is 4.51. The molecular formula is C19H20ClN3O5. The van der Waals surface area contributed by atoms with E-state index >= 15 is 0 Å². The van der Waals surface area contributed by atoms with Crippen molar-refractivity contribution in [3.63, 3.8) is 0 Å². The maximum Gasteiger partial charge on any atom is 0.294 e. The zero-order chi connectivity index (χ0) is 20.1. The number of carbonyl (C=O) groups is 1. The minimum Gasteiger partial charge on any atom is -0.492 e. The lowest BCUT2D eigenvalue weighted by Crippen LogP contribution is -2.36. The van der Waals surface area contributed by atoms with Gasteiger partial charge in [-0.25, -0.2) is 0 Å². The van der Waals surface area contributed by atoms with Gasteiger partial charge >= 0.3 is 0 Å². The Labute approximate surface area is 167 Å². The predicted molar refractivity (Wildman–Crippen MR) is 107 cm³/mol. The van der Waals surface area contributed by atoms with Gasteiger partial charge in [0.2, 0.25) is 0 Å². The molecule has 0 saturated carbocycles. The van der Waals surface area contributed by atoms with Crippen LogP contribution in [-0.4, -0.2) is 43.7 Å². The Balaban J connectivity index is 1.80. The highest BCUT2D eigenvalue weighted by Crippen LogP contribution is 2.32. The lowest BCUT2D eigenvalue weighted by Gasteiger charge is -2.28. The van der Waals surface area contributed by atoms with Crippen LogP contribution >= 0.6 is 11.6 Å². The fourth-order valence-electron chi connectivity index (χ4n) is 2.94. The molecule has 0 spiro atoms. The van der Waals surface area contributed by atoms with Crippen LogP contribution in [0.25, 0.3) is 0 Å². The van der Waals surface area contributed by atoms with Crippen molar-refractivity contribution in [2.45, 2.75) is 6.92 Å². The van der Waals surface area contributed by atoms with Gasteiger partial charge in [-0.1, -0.05) is 11.6 Å². The summed E-state index contributed by atoms with van der Waals surface area (Å²) in [4.78, 5) is 25.5.